The van der Waals surface area contributed by atoms with E-state index in [1.165, 1.54) is 7.11 Å². The Labute approximate surface area is 210 Å². The summed E-state index contributed by atoms with van der Waals surface area (Å²) in [5, 5.41) is 8.52. The average Bonchev–Trinajstić information content (AvgIpc) is 2.92. The zero-order valence-corrected chi connectivity index (χ0v) is 19.8. The average molecular weight is 491 g/mol. The molecule has 2 N–H and O–H groups in total. The molecule has 9 heteroatoms. The molecule has 3 heterocycles. The van der Waals surface area contributed by atoms with E-state index in [0.29, 0.717) is 10.7 Å². The van der Waals surface area contributed by atoms with E-state index in [2.05, 4.69) is 20.6 Å². The highest BCUT2D eigenvalue weighted by atomic mass is 32.1. The molecule has 0 amide bonds. The smallest absolute Gasteiger partial charge is 0.337 e. The summed E-state index contributed by atoms with van der Waals surface area (Å²) in [6.45, 7) is 0. The molecule has 0 aliphatic carbocycles. The standard InChI is InChI=1S/C27H18N6O2S/c1-35-26(34)15-6-8-16(9-7-15)30-27(36)31-17-10-11-20-21(14-17)33-25-19-5-3-13-29-23(19)22-18(24(25)32-20)4-2-12-28-22/h2-14H,1H3,(H2,30,31,36). The topological polar surface area (TPSA) is 102 Å². The molecule has 0 saturated heterocycles. The summed E-state index contributed by atoms with van der Waals surface area (Å²) in [5.74, 6) is -0.389. The van der Waals surface area contributed by atoms with E-state index in [0.717, 1.165) is 55.2 Å². The molecule has 3 aromatic heterocycles. The van der Waals surface area contributed by atoms with Crippen LogP contribution in [0.25, 0.3) is 43.9 Å². The van der Waals surface area contributed by atoms with Crippen LogP contribution in [0, 0.1) is 0 Å². The fourth-order valence-electron chi connectivity index (χ4n) is 4.18. The van der Waals surface area contributed by atoms with Crippen molar-refractivity contribution in [3.63, 3.8) is 0 Å². The quantitative estimate of drug-likeness (QED) is 0.145. The van der Waals surface area contributed by atoms with Gasteiger partial charge in [0.15, 0.2) is 5.11 Å². The number of thiocarbonyl (C=S) groups is 1. The minimum Gasteiger partial charge on any atom is -0.465 e. The number of nitrogens with one attached hydrogen (secondary N) is 2. The Hall–Kier alpha value is -4.76. The van der Waals surface area contributed by atoms with Crippen LogP contribution in [0.5, 0.6) is 0 Å². The minimum atomic E-state index is -0.389. The van der Waals surface area contributed by atoms with Crippen molar-refractivity contribution in [2.24, 2.45) is 0 Å². The lowest BCUT2D eigenvalue weighted by Gasteiger charge is -2.12. The SMILES string of the molecule is COC(=O)c1ccc(NC(=S)Nc2ccc3nc4c5cccnc5c5ncccc5c4nc3c2)cc1. The molecule has 8 nitrogen and oxygen atoms in total. The highest BCUT2D eigenvalue weighted by Gasteiger charge is 2.14. The zero-order valence-electron chi connectivity index (χ0n) is 19.0. The fraction of sp³-hybridized carbons (Fsp3) is 0.0370. The van der Waals surface area contributed by atoms with Gasteiger partial charge < -0.3 is 15.4 Å². The molecule has 0 atom stereocenters. The first-order chi connectivity index (χ1) is 17.6. The van der Waals surface area contributed by atoms with Crippen LogP contribution in [0.1, 0.15) is 10.4 Å². The van der Waals surface area contributed by atoms with E-state index in [1.807, 2.05) is 42.5 Å². The number of ether oxygens (including phenoxy) is 1. The largest absolute Gasteiger partial charge is 0.465 e. The second kappa shape index (κ2) is 8.79. The van der Waals surface area contributed by atoms with E-state index in [9.17, 15) is 4.79 Å². The molecule has 0 aliphatic rings. The molecule has 6 rings (SSSR count). The summed E-state index contributed by atoms with van der Waals surface area (Å²) < 4.78 is 4.73. The number of hydrogen-bond acceptors (Lipinski definition) is 7. The van der Waals surface area contributed by atoms with Gasteiger partial charge >= 0.3 is 5.97 Å². The molecule has 0 bridgehead atoms. The Morgan fingerprint density at radius 3 is 1.97 bits per heavy atom. The number of pyridine rings is 2. The Morgan fingerprint density at radius 2 is 1.33 bits per heavy atom. The summed E-state index contributed by atoms with van der Waals surface area (Å²) in [7, 11) is 1.35. The van der Waals surface area contributed by atoms with Gasteiger partial charge in [0.1, 0.15) is 0 Å². The van der Waals surface area contributed by atoms with Crippen molar-refractivity contribution in [1.82, 2.24) is 19.9 Å². The predicted molar refractivity (Wildman–Crippen MR) is 145 cm³/mol. The third kappa shape index (κ3) is 3.81. The van der Waals surface area contributed by atoms with Crippen molar-refractivity contribution in [2.75, 3.05) is 17.7 Å². The van der Waals surface area contributed by atoms with E-state index >= 15 is 0 Å². The molecule has 0 aliphatic heterocycles. The number of nitrogens with zero attached hydrogens (tertiary/aromatic N) is 4. The minimum absolute atomic E-state index is 0.389. The highest BCUT2D eigenvalue weighted by molar-refractivity contribution is 7.80. The second-order valence-electron chi connectivity index (χ2n) is 8.07. The van der Waals surface area contributed by atoms with Gasteiger partial charge in [-0.3, -0.25) is 9.97 Å². The molecular formula is C27H18N6O2S. The van der Waals surface area contributed by atoms with Crippen molar-refractivity contribution < 1.29 is 9.53 Å². The number of methoxy groups -OCH3 is 1. The molecule has 0 unspecified atom stereocenters. The number of carbonyl (C=O) groups excluding carboxylic acids is 1. The second-order valence-corrected chi connectivity index (χ2v) is 8.48. The molecule has 3 aromatic carbocycles. The van der Waals surface area contributed by atoms with Crippen LogP contribution in [-0.4, -0.2) is 38.1 Å². The summed E-state index contributed by atoms with van der Waals surface area (Å²) >= 11 is 5.48. The maximum Gasteiger partial charge on any atom is 0.337 e. The van der Waals surface area contributed by atoms with E-state index in [1.54, 1.807) is 36.7 Å². The Bertz CT molecular complexity index is 1820. The number of anilines is 2. The van der Waals surface area contributed by atoms with Gasteiger partial charge in [-0.2, -0.15) is 0 Å². The maximum atomic E-state index is 11.6. The number of hydrogen-bond donors (Lipinski definition) is 2. The Morgan fingerprint density at radius 1 is 0.750 bits per heavy atom. The summed E-state index contributed by atoms with van der Waals surface area (Å²) in [6, 6.07) is 20.4. The maximum absolute atomic E-state index is 11.6. The van der Waals surface area contributed by atoms with Crippen molar-refractivity contribution in [3.8, 4) is 0 Å². The van der Waals surface area contributed by atoms with Gasteiger partial charge in [0.05, 0.1) is 45.8 Å². The summed E-state index contributed by atoms with van der Waals surface area (Å²) in [4.78, 5) is 30.6. The third-order valence-electron chi connectivity index (χ3n) is 5.84. The van der Waals surface area contributed by atoms with E-state index in [4.69, 9.17) is 26.9 Å². The van der Waals surface area contributed by atoms with Crippen LogP contribution >= 0.6 is 12.2 Å². The number of fused-ring (bicyclic) bond motifs is 7. The Balaban J connectivity index is 1.35. The van der Waals surface area contributed by atoms with Crippen LogP contribution in [0.3, 0.4) is 0 Å². The summed E-state index contributed by atoms with van der Waals surface area (Å²) in [6.07, 6.45) is 3.52. The highest BCUT2D eigenvalue weighted by Crippen LogP contribution is 2.32. The molecule has 0 saturated carbocycles. The van der Waals surface area contributed by atoms with Crippen molar-refractivity contribution in [3.05, 3.63) is 84.7 Å². The molecular weight excluding hydrogens is 472 g/mol. The normalized spacial score (nSPS) is 11.1. The molecule has 0 fully saturated rings. The van der Waals surface area contributed by atoms with Crippen LogP contribution < -0.4 is 10.6 Å². The van der Waals surface area contributed by atoms with Gasteiger partial charge in [-0.25, -0.2) is 14.8 Å². The lowest BCUT2D eigenvalue weighted by molar-refractivity contribution is 0.0601. The van der Waals surface area contributed by atoms with Crippen molar-refractivity contribution in [2.45, 2.75) is 0 Å². The number of aromatic nitrogens is 4. The van der Waals surface area contributed by atoms with Gasteiger partial charge in [0.25, 0.3) is 0 Å². The van der Waals surface area contributed by atoms with Gasteiger partial charge in [-0.15, -0.1) is 0 Å². The molecule has 0 spiro atoms. The number of rotatable bonds is 3. The lowest BCUT2D eigenvalue weighted by Crippen LogP contribution is -2.19. The number of carbonyl (C=O) groups is 1. The third-order valence-corrected chi connectivity index (χ3v) is 6.04. The van der Waals surface area contributed by atoms with Crippen LogP contribution in [-0.2, 0) is 4.74 Å². The summed E-state index contributed by atoms with van der Waals surface area (Å²) in [5.41, 5.74) is 6.64. The van der Waals surface area contributed by atoms with Gasteiger partial charge in [-0.05, 0) is 78.9 Å². The fourth-order valence-corrected chi connectivity index (χ4v) is 4.41. The first kappa shape index (κ1) is 21.8. The first-order valence-corrected chi connectivity index (χ1v) is 11.5. The van der Waals surface area contributed by atoms with Gasteiger partial charge in [0.2, 0.25) is 0 Å². The van der Waals surface area contributed by atoms with Crippen molar-refractivity contribution in [1.29, 1.82) is 0 Å². The van der Waals surface area contributed by atoms with Gasteiger partial charge in [-0.1, -0.05) is 0 Å². The molecule has 36 heavy (non-hydrogen) atoms. The molecule has 174 valence electrons. The van der Waals surface area contributed by atoms with E-state index < -0.39 is 0 Å². The zero-order chi connectivity index (χ0) is 24.6. The predicted octanol–water partition coefficient (Wildman–Crippen LogP) is 5.47. The van der Waals surface area contributed by atoms with Crippen molar-refractivity contribution >= 4 is 78.5 Å². The molecule has 0 radical (unpaired) electrons. The lowest BCUT2D eigenvalue weighted by atomic mass is 10.1. The number of benzene rings is 3. The first-order valence-electron chi connectivity index (χ1n) is 11.1. The van der Waals surface area contributed by atoms with Gasteiger partial charge in [0, 0.05) is 34.5 Å². The molecule has 6 aromatic rings. The Kier molecular flexibility index (Phi) is 5.31. The van der Waals surface area contributed by atoms with Crippen LogP contribution in [0.15, 0.2) is 79.1 Å². The number of esters is 1. The van der Waals surface area contributed by atoms with Crippen LogP contribution in [0.4, 0.5) is 11.4 Å². The monoisotopic (exact) mass is 490 g/mol. The van der Waals surface area contributed by atoms with Crippen LogP contribution in [0.2, 0.25) is 0 Å². The van der Waals surface area contributed by atoms with E-state index in [-0.39, 0.29) is 5.97 Å².